The molecular weight excluding hydrogens is 553 g/mol. The van der Waals surface area contributed by atoms with Crippen LogP contribution >= 0.6 is 22.6 Å². The number of alkyl halides is 1. The number of nitrogens with two attached hydrogens (primary N) is 1. The van der Waals surface area contributed by atoms with Crippen LogP contribution in [0.1, 0.15) is 47.9 Å². The second-order valence-corrected chi connectivity index (χ2v) is 11.4. The van der Waals surface area contributed by atoms with Crippen LogP contribution in [0.4, 0.5) is 14.6 Å². The van der Waals surface area contributed by atoms with Gasteiger partial charge >= 0.3 is 6.08 Å². The Morgan fingerprint density at radius 3 is 2.75 bits per heavy atom. The summed E-state index contributed by atoms with van der Waals surface area (Å²) in [7, 11) is -3.36. The van der Waals surface area contributed by atoms with E-state index in [4.69, 9.17) is 5.73 Å². The maximum Gasteiger partial charge on any atom is 0.312 e. The van der Waals surface area contributed by atoms with E-state index in [0.717, 1.165) is 21.1 Å². The standard InChI is InChI=1S/C20H21F2IN6O2S/c21-14-4-1-10-8-15(23)11(7-13(10)14)9-16-26-17-18(24)27-20(22)28-19(17)29(16)6-5-25-32(30,31)12-2-3-12/h7-8,12,14,25H,1-6,9H2,(H2,24,27,28). The molecule has 8 nitrogen and oxygen atoms in total. The number of nitrogen functional groups attached to an aromatic ring is 1. The highest BCUT2D eigenvalue weighted by atomic mass is 127. The summed E-state index contributed by atoms with van der Waals surface area (Å²) >= 11 is 2.22. The lowest BCUT2D eigenvalue weighted by Crippen LogP contribution is -2.30. The van der Waals surface area contributed by atoms with Crippen molar-refractivity contribution >= 4 is 49.6 Å². The lowest BCUT2D eigenvalue weighted by Gasteiger charge is -2.12. The fraction of sp³-hybridized carbons (Fsp3) is 0.450. The van der Waals surface area contributed by atoms with Gasteiger partial charge in [0.1, 0.15) is 12.0 Å². The molecule has 1 atom stereocenters. The van der Waals surface area contributed by atoms with Crippen LogP contribution < -0.4 is 10.5 Å². The van der Waals surface area contributed by atoms with E-state index in [-0.39, 0.29) is 35.3 Å². The smallest absolute Gasteiger partial charge is 0.312 e. The fourth-order valence-corrected chi connectivity index (χ4v) is 6.23. The number of hydrogen-bond acceptors (Lipinski definition) is 6. The van der Waals surface area contributed by atoms with E-state index in [1.165, 1.54) is 0 Å². The van der Waals surface area contributed by atoms with Gasteiger partial charge in [0, 0.05) is 23.1 Å². The average molecular weight is 574 g/mol. The number of imidazole rings is 1. The van der Waals surface area contributed by atoms with Gasteiger partial charge in [-0.15, -0.1) is 0 Å². The molecule has 0 radical (unpaired) electrons. The molecule has 3 aromatic rings. The normalized spacial score (nSPS) is 18.4. The molecule has 2 aromatic heterocycles. The van der Waals surface area contributed by atoms with Crippen LogP contribution in [-0.2, 0) is 29.4 Å². The minimum atomic E-state index is -3.36. The van der Waals surface area contributed by atoms with E-state index in [1.54, 1.807) is 4.57 Å². The van der Waals surface area contributed by atoms with Crippen LogP contribution in [0.5, 0.6) is 0 Å². The van der Waals surface area contributed by atoms with Crippen molar-refractivity contribution in [2.24, 2.45) is 0 Å². The van der Waals surface area contributed by atoms with Crippen LogP contribution in [0.2, 0.25) is 0 Å². The van der Waals surface area contributed by atoms with E-state index in [1.807, 2.05) is 12.1 Å². The Hall–Kier alpha value is -1.93. The Morgan fingerprint density at radius 2 is 2.00 bits per heavy atom. The van der Waals surface area contributed by atoms with Gasteiger partial charge in [0.2, 0.25) is 10.0 Å². The highest BCUT2D eigenvalue weighted by Gasteiger charge is 2.35. The lowest BCUT2D eigenvalue weighted by atomic mass is 10.0. The third kappa shape index (κ3) is 4.07. The lowest BCUT2D eigenvalue weighted by molar-refractivity contribution is 0.343. The summed E-state index contributed by atoms with van der Waals surface area (Å²) < 4.78 is 57.8. The molecule has 1 aromatic carbocycles. The Labute approximate surface area is 197 Å². The summed E-state index contributed by atoms with van der Waals surface area (Å²) in [6.45, 7) is 0.303. The molecule has 0 aliphatic heterocycles. The maximum absolute atomic E-state index is 14.3. The average Bonchev–Trinajstić information content (AvgIpc) is 3.47. The molecule has 2 aliphatic rings. The molecule has 170 valence electrons. The van der Waals surface area contributed by atoms with Crippen LogP contribution in [0.15, 0.2) is 12.1 Å². The number of nitrogens with zero attached hydrogens (tertiary/aromatic N) is 4. The molecule has 0 bridgehead atoms. The number of aryl methyl sites for hydroxylation is 1. The van der Waals surface area contributed by atoms with Crippen LogP contribution in [-0.4, -0.2) is 39.7 Å². The van der Waals surface area contributed by atoms with Gasteiger partial charge in [-0.3, -0.25) is 0 Å². The molecule has 1 saturated carbocycles. The van der Waals surface area contributed by atoms with Gasteiger partial charge in [-0.2, -0.15) is 14.4 Å². The van der Waals surface area contributed by atoms with Gasteiger partial charge in [0.25, 0.3) is 0 Å². The van der Waals surface area contributed by atoms with Gasteiger partial charge in [0.05, 0.1) is 5.25 Å². The van der Waals surface area contributed by atoms with Crippen molar-refractivity contribution in [1.82, 2.24) is 24.2 Å². The molecular formula is C20H21F2IN6O2S. The van der Waals surface area contributed by atoms with Gasteiger partial charge in [-0.05, 0) is 71.0 Å². The quantitative estimate of drug-likeness (QED) is 0.332. The zero-order chi connectivity index (χ0) is 22.6. The van der Waals surface area contributed by atoms with Crippen molar-refractivity contribution in [3.63, 3.8) is 0 Å². The van der Waals surface area contributed by atoms with E-state index >= 15 is 0 Å². The van der Waals surface area contributed by atoms with E-state index in [2.05, 4.69) is 42.3 Å². The summed E-state index contributed by atoms with van der Waals surface area (Å²) in [5, 5.41) is -0.335. The highest BCUT2D eigenvalue weighted by molar-refractivity contribution is 14.1. The van der Waals surface area contributed by atoms with E-state index in [0.29, 0.717) is 37.1 Å². The number of rotatable bonds is 7. The first kappa shape index (κ1) is 21.9. The van der Waals surface area contributed by atoms with Crippen LogP contribution in [0.3, 0.4) is 0 Å². The van der Waals surface area contributed by atoms with Crippen LogP contribution in [0, 0.1) is 9.65 Å². The summed E-state index contributed by atoms with van der Waals surface area (Å²) in [6, 6.07) is 3.86. The summed E-state index contributed by atoms with van der Waals surface area (Å²) in [5.74, 6) is 0.446. The summed E-state index contributed by atoms with van der Waals surface area (Å²) in [6.07, 6.45) is 0.912. The van der Waals surface area contributed by atoms with Gasteiger partial charge in [0.15, 0.2) is 17.0 Å². The number of nitrogens with one attached hydrogen (secondary N) is 1. The van der Waals surface area contributed by atoms with Crippen LogP contribution in [0.25, 0.3) is 11.2 Å². The maximum atomic E-state index is 14.3. The first-order valence-electron chi connectivity index (χ1n) is 10.3. The predicted molar refractivity (Wildman–Crippen MR) is 124 cm³/mol. The summed E-state index contributed by atoms with van der Waals surface area (Å²) in [4.78, 5) is 11.9. The number of benzene rings is 1. The minimum absolute atomic E-state index is 0.0847. The van der Waals surface area contributed by atoms with Crippen molar-refractivity contribution in [2.75, 3.05) is 12.3 Å². The summed E-state index contributed by atoms with van der Waals surface area (Å²) in [5.41, 5.74) is 8.93. The molecule has 2 aliphatic carbocycles. The third-order valence-electron chi connectivity index (χ3n) is 5.94. The fourth-order valence-electron chi connectivity index (χ4n) is 4.14. The molecule has 1 unspecified atom stereocenters. The highest BCUT2D eigenvalue weighted by Crippen LogP contribution is 2.37. The zero-order valence-corrected chi connectivity index (χ0v) is 20.0. The second kappa shape index (κ2) is 8.13. The third-order valence-corrected chi connectivity index (χ3v) is 8.90. The number of aromatic nitrogens is 4. The Bertz CT molecular complexity index is 1330. The molecule has 2 heterocycles. The SMILES string of the molecule is Nc1nc(F)nc2c1nc(Cc1cc3c(cc1I)CCC3F)n2CCNS(=O)(=O)C1CC1. The van der Waals surface area contributed by atoms with E-state index < -0.39 is 22.3 Å². The molecule has 32 heavy (non-hydrogen) atoms. The number of sulfonamides is 1. The molecule has 12 heteroatoms. The zero-order valence-electron chi connectivity index (χ0n) is 17.0. The number of hydrogen-bond donors (Lipinski definition) is 2. The predicted octanol–water partition coefficient (Wildman–Crippen LogP) is 2.78. The molecule has 0 spiro atoms. The monoisotopic (exact) mass is 574 g/mol. The van der Waals surface area contributed by atoms with Crippen molar-refractivity contribution in [3.8, 4) is 0 Å². The van der Waals surface area contributed by atoms with Crippen molar-refractivity contribution in [3.05, 3.63) is 44.3 Å². The Balaban J connectivity index is 1.50. The molecule has 1 fully saturated rings. The van der Waals surface area contributed by atoms with E-state index in [9.17, 15) is 17.2 Å². The molecule has 3 N–H and O–H groups in total. The van der Waals surface area contributed by atoms with Gasteiger partial charge in [-0.1, -0.05) is 6.07 Å². The van der Waals surface area contributed by atoms with Crippen molar-refractivity contribution < 1.29 is 17.2 Å². The van der Waals surface area contributed by atoms with Crippen molar-refractivity contribution in [2.45, 2.75) is 50.1 Å². The van der Waals surface area contributed by atoms with Gasteiger partial charge in [-0.25, -0.2) is 22.5 Å². The molecule has 0 saturated heterocycles. The molecule has 5 rings (SSSR count). The first-order chi connectivity index (χ1) is 15.2. The minimum Gasteiger partial charge on any atom is -0.382 e. The van der Waals surface area contributed by atoms with Crippen molar-refractivity contribution in [1.29, 1.82) is 0 Å². The largest absolute Gasteiger partial charge is 0.382 e. The van der Waals surface area contributed by atoms with Gasteiger partial charge < -0.3 is 10.3 Å². The Kier molecular flexibility index (Phi) is 5.56. The topological polar surface area (TPSA) is 116 Å². The number of anilines is 1. The molecule has 0 amide bonds. The second-order valence-electron chi connectivity index (χ2n) is 8.19. The Morgan fingerprint density at radius 1 is 1.22 bits per heavy atom. The number of halogens is 3. The first-order valence-corrected chi connectivity index (χ1v) is 13.0. The number of fused-ring (bicyclic) bond motifs is 2.